The third kappa shape index (κ3) is 3.48. The Morgan fingerprint density at radius 3 is 2.79 bits per heavy atom. The van der Waals surface area contributed by atoms with Crippen molar-refractivity contribution in [2.45, 2.75) is 10.6 Å². The van der Waals surface area contributed by atoms with Crippen molar-refractivity contribution < 1.29 is 18.3 Å². The van der Waals surface area contributed by atoms with E-state index in [1.165, 1.54) is 24.4 Å². The molecule has 7 nitrogen and oxygen atoms in total. The molecule has 0 amide bonds. The van der Waals surface area contributed by atoms with E-state index in [1.54, 1.807) is 6.07 Å². The molecule has 2 aromatic rings. The first-order valence-electron chi connectivity index (χ1n) is 5.08. The molecule has 0 aliphatic heterocycles. The number of nitrogens with zero attached hydrogens (tertiary/aromatic N) is 2. The fourth-order valence-electron chi connectivity index (χ4n) is 1.29. The van der Waals surface area contributed by atoms with Gasteiger partial charge in [0.1, 0.15) is 4.21 Å². The van der Waals surface area contributed by atoms with E-state index in [9.17, 15) is 13.2 Å². The molecule has 19 heavy (non-hydrogen) atoms. The molecular formula is C10H9N3O4S2. The van der Waals surface area contributed by atoms with Crippen LogP contribution in [0.3, 0.4) is 0 Å². The largest absolute Gasteiger partial charge is 0.481 e. The molecular weight excluding hydrogens is 290 g/mol. The highest BCUT2D eigenvalue weighted by Gasteiger charge is 2.18. The van der Waals surface area contributed by atoms with Crippen LogP contribution in [0.4, 0.5) is 5.82 Å². The number of rotatable bonds is 5. The number of carboxylic acid groups (broad SMARTS) is 1. The zero-order chi connectivity index (χ0) is 13.9. The minimum atomic E-state index is -3.76. The molecule has 2 heterocycles. The predicted molar refractivity (Wildman–Crippen MR) is 68.5 cm³/mol. The van der Waals surface area contributed by atoms with Crippen LogP contribution in [0, 0.1) is 0 Å². The normalized spacial score (nSPS) is 11.2. The van der Waals surface area contributed by atoms with Gasteiger partial charge in [-0.15, -0.1) is 16.4 Å². The summed E-state index contributed by atoms with van der Waals surface area (Å²) < 4.78 is 26.3. The Labute approximate surface area is 113 Å². The van der Waals surface area contributed by atoms with Crippen LogP contribution in [-0.4, -0.2) is 29.7 Å². The van der Waals surface area contributed by atoms with Crippen molar-refractivity contribution in [1.82, 2.24) is 10.2 Å². The predicted octanol–water partition coefficient (Wildman–Crippen LogP) is 0.966. The molecule has 0 aliphatic carbocycles. The fraction of sp³-hybridized carbons (Fsp3) is 0.100. The molecule has 9 heteroatoms. The van der Waals surface area contributed by atoms with Crippen molar-refractivity contribution in [1.29, 1.82) is 0 Å². The maximum Gasteiger partial charge on any atom is 0.308 e. The molecule has 0 aromatic carbocycles. The molecule has 0 aliphatic rings. The summed E-state index contributed by atoms with van der Waals surface area (Å²) in [5, 5.41) is 15.8. The molecule has 0 spiro atoms. The summed E-state index contributed by atoms with van der Waals surface area (Å²) >= 11 is 0.908. The van der Waals surface area contributed by atoms with Crippen molar-refractivity contribution in [3.05, 3.63) is 35.3 Å². The Bertz CT molecular complexity index is 682. The van der Waals surface area contributed by atoms with Gasteiger partial charge in [-0.3, -0.25) is 9.52 Å². The van der Waals surface area contributed by atoms with E-state index in [4.69, 9.17) is 5.11 Å². The zero-order valence-electron chi connectivity index (χ0n) is 9.48. The van der Waals surface area contributed by atoms with E-state index in [0.717, 1.165) is 11.3 Å². The van der Waals surface area contributed by atoms with Crippen molar-refractivity contribution in [2.75, 3.05) is 4.72 Å². The highest BCUT2D eigenvalue weighted by molar-refractivity contribution is 7.94. The summed E-state index contributed by atoms with van der Waals surface area (Å²) in [6.07, 6.45) is 1.22. The van der Waals surface area contributed by atoms with Crippen LogP contribution in [0.25, 0.3) is 0 Å². The summed E-state index contributed by atoms with van der Waals surface area (Å²) in [6, 6.07) is 5.86. The summed E-state index contributed by atoms with van der Waals surface area (Å²) in [5.41, 5.74) is 0. The third-order valence-corrected chi connectivity index (χ3v) is 4.97. The number of hydrogen-bond acceptors (Lipinski definition) is 6. The lowest BCUT2D eigenvalue weighted by Crippen LogP contribution is -2.12. The van der Waals surface area contributed by atoms with E-state index in [0.29, 0.717) is 4.88 Å². The first kappa shape index (κ1) is 13.4. The minimum absolute atomic E-state index is 0.0365. The van der Waals surface area contributed by atoms with Crippen molar-refractivity contribution in [3.63, 3.8) is 0 Å². The SMILES string of the molecule is O=C(O)Cc1ccc(S(=O)(=O)Nc2cccnn2)s1. The van der Waals surface area contributed by atoms with Gasteiger partial charge in [0.2, 0.25) is 0 Å². The maximum absolute atomic E-state index is 12.0. The second kappa shape index (κ2) is 5.33. The molecule has 100 valence electrons. The molecule has 0 saturated carbocycles. The number of anilines is 1. The Morgan fingerprint density at radius 1 is 1.37 bits per heavy atom. The molecule has 0 atom stereocenters. The van der Waals surface area contributed by atoms with Gasteiger partial charge in [0.15, 0.2) is 5.82 Å². The van der Waals surface area contributed by atoms with Crippen LogP contribution in [0.5, 0.6) is 0 Å². The van der Waals surface area contributed by atoms with Gasteiger partial charge in [-0.1, -0.05) is 0 Å². The average Bonchev–Trinajstić information content (AvgIpc) is 2.78. The summed E-state index contributed by atoms with van der Waals surface area (Å²) in [4.78, 5) is 11.0. The second-order valence-corrected chi connectivity index (χ2v) is 6.58. The molecule has 2 N–H and O–H groups in total. The Balaban J connectivity index is 2.20. The first-order valence-corrected chi connectivity index (χ1v) is 7.38. The fourth-order valence-corrected chi connectivity index (χ4v) is 3.63. The van der Waals surface area contributed by atoms with Crippen molar-refractivity contribution >= 4 is 33.1 Å². The zero-order valence-corrected chi connectivity index (χ0v) is 11.1. The molecule has 0 fully saturated rings. The van der Waals surface area contributed by atoms with Crippen LogP contribution in [-0.2, 0) is 21.2 Å². The number of carboxylic acids is 1. The molecule has 2 aromatic heterocycles. The van der Waals surface area contributed by atoms with Gasteiger partial charge in [0.05, 0.1) is 6.42 Å². The number of nitrogens with one attached hydrogen (secondary N) is 1. The molecule has 2 rings (SSSR count). The van der Waals surface area contributed by atoms with E-state index >= 15 is 0 Å². The smallest absolute Gasteiger partial charge is 0.308 e. The van der Waals surface area contributed by atoms with Crippen molar-refractivity contribution in [2.24, 2.45) is 0 Å². The van der Waals surface area contributed by atoms with Gasteiger partial charge in [0, 0.05) is 11.1 Å². The van der Waals surface area contributed by atoms with E-state index in [-0.39, 0.29) is 16.4 Å². The molecule has 0 unspecified atom stereocenters. The van der Waals surface area contributed by atoms with Crippen LogP contribution < -0.4 is 4.72 Å². The van der Waals surface area contributed by atoms with Gasteiger partial charge in [-0.05, 0) is 24.3 Å². The monoisotopic (exact) mass is 299 g/mol. The quantitative estimate of drug-likeness (QED) is 0.851. The van der Waals surface area contributed by atoms with Crippen LogP contribution in [0.1, 0.15) is 4.88 Å². The Morgan fingerprint density at radius 2 is 2.16 bits per heavy atom. The van der Waals surface area contributed by atoms with Crippen LogP contribution in [0.15, 0.2) is 34.7 Å². The summed E-state index contributed by atoms with van der Waals surface area (Å²) in [7, 11) is -3.76. The van der Waals surface area contributed by atoms with Gasteiger partial charge in [0.25, 0.3) is 10.0 Å². The lowest BCUT2D eigenvalue weighted by atomic mass is 10.3. The number of aliphatic carboxylic acids is 1. The lowest BCUT2D eigenvalue weighted by Gasteiger charge is -2.03. The van der Waals surface area contributed by atoms with E-state index in [2.05, 4.69) is 14.9 Å². The molecule has 0 bridgehead atoms. The number of thiophene rings is 1. The summed E-state index contributed by atoms with van der Waals surface area (Å²) in [5.74, 6) is -0.900. The third-order valence-electron chi connectivity index (χ3n) is 2.04. The summed E-state index contributed by atoms with van der Waals surface area (Å²) in [6.45, 7) is 0. The van der Waals surface area contributed by atoms with Gasteiger partial charge in [-0.25, -0.2) is 8.42 Å². The minimum Gasteiger partial charge on any atom is -0.481 e. The second-order valence-electron chi connectivity index (χ2n) is 3.51. The van der Waals surface area contributed by atoms with Crippen LogP contribution >= 0.6 is 11.3 Å². The highest BCUT2D eigenvalue weighted by Crippen LogP contribution is 2.23. The lowest BCUT2D eigenvalue weighted by molar-refractivity contribution is -0.136. The van der Waals surface area contributed by atoms with E-state index < -0.39 is 16.0 Å². The first-order chi connectivity index (χ1) is 8.97. The average molecular weight is 299 g/mol. The number of aromatic nitrogens is 2. The molecule has 0 saturated heterocycles. The van der Waals surface area contributed by atoms with Crippen molar-refractivity contribution in [3.8, 4) is 0 Å². The van der Waals surface area contributed by atoms with E-state index in [1.807, 2.05) is 0 Å². The molecule has 0 radical (unpaired) electrons. The Hall–Kier alpha value is -2.00. The van der Waals surface area contributed by atoms with Crippen LogP contribution in [0.2, 0.25) is 0 Å². The number of sulfonamides is 1. The van der Waals surface area contributed by atoms with Gasteiger partial charge < -0.3 is 5.11 Å². The van der Waals surface area contributed by atoms with Gasteiger partial charge in [-0.2, -0.15) is 5.10 Å². The van der Waals surface area contributed by atoms with Gasteiger partial charge >= 0.3 is 5.97 Å². The standard InChI is InChI=1S/C10H9N3O4S2/c14-9(15)6-7-3-4-10(18-7)19(16,17)13-8-2-1-5-11-12-8/h1-5H,6H2,(H,12,13)(H,14,15). The number of hydrogen-bond donors (Lipinski definition) is 2. The Kier molecular flexibility index (Phi) is 3.76. The maximum atomic E-state index is 12.0. The topological polar surface area (TPSA) is 109 Å². The highest BCUT2D eigenvalue weighted by atomic mass is 32.2. The number of carbonyl (C=O) groups is 1.